The number of fused-ring (bicyclic) bond motifs is 1. The van der Waals surface area contributed by atoms with Crippen LogP contribution in [-0.2, 0) is 11.2 Å². The molecule has 1 saturated heterocycles. The molecule has 0 saturated carbocycles. The Labute approximate surface area is 125 Å². The minimum atomic E-state index is 0.455. The molecule has 1 aromatic rings. The Bertz CT molecular complexity index is 440. The number of aromatic nitrogens is 1. The number of hydrogen-bond acceptors (Lipinski definition) is 5. The summed E-state index contributed by atoms with van der Waals surface area (Å²) in [5, 5.41) is 4.66. The first-order valence-corrected chi connectivity index (χ1v) is 8.67. The van der Waals surface area contributed by atoms with Crippen LogP contribution in [0.15, 0.2) is 0 Å². The summed E-state index contributed by atoms with van der Waals surface area (Å²) in [6, 6.07) is 0.519. The predicted molar refractivity (Wildman–Crippen MR) is 83.7 cm³/mol. The fraction of sp³-hybridized carbons (Fsp3) is 0.800. The molecule has 1 N–H and O–H groups in total. The monoisotopic (exact) mass is 295 g/mol. The molecule has 2 heterocycles. The second-order valence-corrected chi connectivity index (χ2v) is 6.69. The van der Waals surface area contributed by atoms with Gasteiger partial charge in [-0.2, -0.15) is 0 Å². The lowest BCUT2D eigenvalue weighted by atomic mass is 9.98. The lowest BCUT2D eigenvalue weighted by molar-refractivity contribution is 0.0459. The first-order chi connectivity index (χ1) is 9.81. The minimum Gasteiger partial charge on any atom is -0.378 e. The lowest BCUT2D eigenvalue weighted by Crippen LogP contribution is -2.37. The number of aryl methyl sites for hydroxylation is 1. The standard InChI is InChI=1S/C15H25N3OS/c1-3-19-11-7-9-18(10-8-11)15-17-13-6-4-5-12(16-2)14(13)20-15/h11-12,16H,3-10H2,1-2H3. The van der Waals surface area contributed by atoms with E-state index >= 15 is 0 Å². The van der Waals surface area contributed by atoms with Crippen molar-refractivity contribution in [2.75, 3.05) is 31.6 Å². The maximum atomic E-state index is 5.73. The maximum Gasteiger partial charge on any atom is 0.185 e. The molecule has 3 rings (SSSR count). The van der Waals surface area contributed by atoms with Gasteiger partial charge in [-0.1, -0.05) is 11.3 Å². The third-order valence-electron chi connectivity index (χ3n) is 4.40. The number of nitrogens with zero attached hydrogens (tertiary/aromatic N) is 2. The molecule has 1 aromatic heterocycles. The zero-order valence-electron chi connectivity index (χ0n) is 12.5. The Balaban J connectivity index is 1.68. The van der Waals surface area contributed by atoms with E-state index in [1.54, 1.807) is 0 Å². The summed E-state index contributed by atoms with van der Waals surface area (Å²) in [4.78, 5) is 8.83. The fourth-order valence-electron chi connectivity index (χ4n) is 3.27. The van der Waals surface area contributed by atoms with Crippen LogP contribution in [0.2, 0.25) is 0 Å². The molecule has 1 atom stereocenters. The third-order valence-corrected chi connectivity index (χ3v) is 5.67. The molecule has 0 spiro atoms. The number of rotatable bonds is 4. The average molecular weight is 295 g/mol. The average Bonchev–Trinajstić information content (AvgIpc) is 2.92. The van der Waals surface area contributed by atoms with Crippen molar-refractivity contribution in [2.24, 2.45) is 0 Å². The molecule has 4 nitrogen and oxygen atoms in total. The second kappa shape index (κ2) is 6.41. The topological polar surface area (TPSA) is 37.4 Å². The largest absolute Gasteiger partial charge is 0.378 e. The normalized spacial score (nSPS) is 23.9. The highest BCUT2D eigenvalue weighted by atomic mass is 32.1. The Morgan fingerprint density at radius 1 is 1.35 bits per heavy atom. The van der Waals surface area contributed by atoms with E-state index in [2.05, 4.69) is 24.2 Å². The van der Waals surface area contributed by atoms with Crippen molar-refractivity contribution in [3.05, 3.63) is 10.6 Å². The van der Waals surface area contributed by atoms with Gasteiger partial charge in [-0.25, -0.2) is 4.98 Å². The van der Waals surface area contributed by atoms with Crippen molar-refractivity contribution < 1.29 is 4.74 Å². The molecule has 20 heavy (non-hydrogen) atoms. The summed E-state index contributed by atoms with van der Waals surface area (Å²) < 4.78 is 5.73. The molecule has 1 unspecified atom stereocenters. The highest BCUT2D eigenvalue weighted by molar-refractivity contribution is 7.15. The summed E-state index contributed by atoms with van der Waals surface area (Å²) in [6.07, 6.45) is 6.38. The van der Waals surface area contributed by atoms with Crippen LogP contribution in [-0.4, -0.2) is 37.8 Å². The summed E-state index contributed by atoms with van der Waals surface area (Å²) >= 11 is 1.90. The summed E-state index contributed by atoms with van der Waals surface area (Å²) in [5.41, 5.74) is 1.34. The van der Waals surface area contributed by atoms with E-state index in [-0.39, 0.29) is 0 Å². The van der Waals surface area contributed by atoms with Gasteiger partial charge in [0, 0.05) is 30.6 Å². The highest BCUT2D eigenvalue weighted by Crippen LogP contribution is 2.38. The summed E-state index contributed by atoms with van der Waals surface area (Å²) in [7, 11) is 2.06. The molecule has 2 aliphatic rings. The van der Waals surface area contributed by atoms with Crippen LogP contribution in [0.25, 0.3) is 0 Å². The van der Waals surface area contributed by atoms with Gasteiger partial charge in [0.25, 0.3) is 0 Å². The van der Waals surface area contributed by atoms with E-state index in [9.17, 15) is 0 Å². The number of thiazole rings is 1. The molecule has 1 fully saturated rings. The molecule has 0 aromatic carbocycles. The zero-order chi connectivity index (χ0) is 13.9. The Morgan fingerprint density at radius 2 is 2.15 bits per heavy atom. The molecule has 0 bridgehead atoms. The predicted octanol–water partition coefficient (Wildman–Crippen LogP) is 2.75. The number of anilines is 1. The molecule has 112 valence electrons. The van der Waals surface area contributed by atoms with E-state index in [1.165, 1.54) is 28.5 Å². The Morgan fingerprint density at radius 3 is 2.85 bits per heavy atom. The zero-order valence-corrected chi connectivity index (χ0v) is 13.3. The van der Waals surface area contributed by atoms with Gasteiger partial charge < -0.3 is 15.0 Å². The SMILES string of the molecule is CCOC1CCN(c2nc3c(s2)C(NC)CCC3)CC1. The van der Waals surface area contributed by atoms with Gasteiger partial charge in [-0.15, -0.1) is 0 Å². The van der Waals surface area contributed by atoms with Crippen LogP contribution in [0, 0.1) is 0 Å². The molecule has 0 amide bonds. The molecule has 5 heteroatoms. The van der Waals surface area contributed by atoms with Gasteiger partial charge in [0.1, 0.15) is 0 Å². The van der Waals surface area contributed by atoms with Crippen molar-refractivity contribution in [1.29, 1.82) is 0 Å². The fourth-order valence-corrected chi connectivity index (χ4v) is 4.57. The van der Waals surface area contributed by atoms with Gasteiger partial charge in [0.05, 0.1) is 11.8 Å². The van der Waals surface area contributed by atoms with E-state index < -0.39 is 0 Å². The molecular formula is C15H25N3OS. The van der Waals surface area contributed by atoms with Crippen LogP contribution in [0.5, 0.6) is 0 Å². The maximum absolute atomic E-state index is 5.73. The van der Waals surface area contributed by atoms with Crippen LogP contribution in [0.3, 0.4) is 0 Å². The highest BCUT2D eigenvalue weighted by Gasteiger charge is 2.27. The van der Waals surface area contributed by atoms with Gasteiger partial charge in [0.15, 0.2) is 5.13 Å². The second-order valence-electron chi connectivity index (χ2n) is 5.68. The van der Waals surface area contributed by atoms with Gasteiger partial charge >= 0.3 is 0 Å². The molecule has 1 aliphatic carbocycles. The lowest BCUT2D eigenvalue weighted by Gasteiger charge is -2.31. The van der Waals surface area contributed by atoms with Crippen molar-refractivity contribution in [2.45, 2.75) is 51.2 Å². The first-order valence-electron chi connectivity index (χ1n) is 7.85. The van der Waals surface area contributed by atoms with Gasteiger partial charge in [-0.05, 0) is 46.1 Å². The number of ether oxygens (including phenoxy) is 1. The van der Waals surface area contributed by atoms with E-state index in [1.807, 2.05) is 11.3 Å². The van der Waals surface area contributed by atoms with E-state index in [0.29, 0.717) is 12.1 Å². The minimum absolute atomic E-state index is 0.455. The number of piperidine rings is 1. The van der Waals surface area contributed by atoms with Crippen molar-refractivity contribution >= 4 is 16.5 Å². The van der Waals surface area contributed by atoms with Crippen molar-refractivity contribution in [3.8, 4) is 0 Å². The van der Waals surface area contributed by atoms with E-state index in [4.69, 9.17) is 9.72 Å². The Hall–Kier alpha value is -0.650. The van der Waals surface area contributed by atoms with Crippen LogP contribution < -0.4 is 10.2 Å². The number of nitrogens with one attached hydrogen (secondary N) is 1. The van der Waals surface area contributed by atoms with Crippen LogP contribution >= 0.6 is 11.3 Å². The summed E-state index contributed by atoms with van der Waals surface area (Å²) in [5.74, 6) is 0. The van der Waals surface area contributed by atoms with E-state index in [0.717, 1.165) is 39.0 Å². The molecule has 1 aliphatic heterocycles. The van der Waals surface area contributed by atoms with Crippen LogP contribution in [0.1, 0.15) is 49.2 Å². The summed E-state index contributed by atoms with van der Waals surface area (Å²) in [6.45, 7) is 5.09. The Kier molecular flexibility index (Phi) is 4.58. The third kappa shape index (κ3) is 2.85. The van der Waals surface area contributed by atoms with Crippen LogP contribution in [0.4, 0.5) is 5.13 Å². The first kappa shape index (κ1) is 14.3. The van der Waals surface area contributed by atoms with Gasteiger partial charge in [-0.3, -0.25) is 0 Å². The quantitative estimate of drug-likeness (QED) is 0.927. The molecule has 0 radical (unpaired) electrons. The smallest absolute Gasteiger partial charge is 0.185 e. The number of hydrogen-bond donors (Lipinski definition) is 1. The molecular weight excluding hydrogens is 270 g/mol. The van der Waals surface area contributed by atoms with Crippen molar-refractivity contribution in [1.82, 2.24) is 10.3 Å². The van der Waals surface area contributed by atoms with Crippen molar-refractivity contribution in [3.63, 3.8) is 0 Å². The van der Waals surface area contributed by atoms with Gasteiger partial charge in [0.2, 0.25) is 0 Å².